The van der Waals surface area contributed by atoms with Gasteiger partial charge in [-0.25, -0.2) is 17.9 Å². The summed E-state index contributed by atoms with van der Waals surface area (Å²) in [7, 11) is -1.70. The average Bonchev–Trinajstić information content (AvgIpc) is 2.94. The Morgan fingerprint density at radius 1 is 1.31 bits per heavy atom. The normalized spacial score (nSPS) is 18.6. The van der Waals surface area contributed by atoms with Crippen molar-refractivity contribution in [1.82, 2.24) is 15.1 Å². The molecular formula is C16H17N3O6S. The largest absolute Gasteiger partial charge is 0.451 e. The van der Waals surface area contributed by atoms with Crippen LogP contribution in [0.25, 0.3) is 10.8 Å². The van der Waals surface area contributed by atoms with Crippen molar-refractivity contribution in [3.63, 3.8) is 0 Å². The smallest absolute Gasteiger partial charge is 0.359 e. The van der Waals surface area contributed by atoms with Crippen LogP contribution in [0.4, 0.5) is 0 Å². The zero-order valence-electron chi connectivity index (χ0n) is 14.0. The Morgan fingerprint density at radius 2 is 2.00 bits per heavy atom. The second-order valence-electron chi connectivity index (χ2n) is 6.07. The van der Waals surface area contributed by atoms with Crippen molar-refractivity contribution in [2.75, 3.05) is 18.1 Å². The van der Waals surface area contributed by atoms with Gasteiger partial charge in [-0.15, -0.1) is 0 Å². The molecule has 1 atom stereocenters. The predicted octanol–water partition coefficient (Wildman–Crippen LogP) is -0.606. The van der Waals surface area contributed by atoms with E-state index in [2.05, 4.69) is 10.4 Å². The summed E-state index contributed by atoms with van der Waals surface area (Å²) in [4.78, 5) is 36.2. The lowest BCUT2D eigenvalue weighted by molar-refractivity contribution is -0.124. The molecule has 1 fully saturated rings. The molecule has 10 heteroatoms. The van der Waals surface area contributed by atoms with E-state index in [1.54, 1.807) is 24.3 Å². The summed E-state index contributed by atoms with van der Waals surface area (Å²) in [5, 5.41) is 7.10. The molecule has 9 nitrogen and oxygen atoms in total. The fourth-order valence-electron chi connectivity index (χ4n) is 2.83. The average molecular weight is 379 g/mol. The van der Waals surface area contributed by atoms with Gasteiger partial charge < -0.3 is 10.1 Å². The van der Waals surface area contributed by atoms with E-state index in [1.165, 1.54) is 7.05 Å². The van der Waals surface area contributed by atoms with Crippen molar-refractivity contribution in [2.24, 2.45) is 7.05 Å². The van der Waals surface area contributed by atoms with Crippen LogP contribution in [0.15, 0.2) is 29.1 Å². The number of carbonyl (C=O) groups is 2. The van der Waals surface area contributed by atoms with Crippen molar-refractivity contribution in [3.05, 3.63) is 40.3 Å². The molecule has 0 saturated carbocycles. The van der Waals surface area contributed by atoms with Crippen molar-refractivity contribution < 1.29 is 22.7 Å². The van der Waals surface area contributed by atoms with E-state index in [1.807, 2.05) is 0 Å². The Morgan fingerprint density at radius 3 is 2.65 bits per heavy atom. The van der Waals surface area contributed by atoms with Gasteiger partial charge >= 0.3 is 5.97 Å². The number of aryl methyl sites for hydroxylation is 1. The predicted molar refractivity (Wildman–Crippen MR) is 92.5 cm³/mol. The first-order chi connectivity index (χ1) is 12.3. The van der Waals surface area contributed by atoms with Gasteiger partial charge in [-0.3, -0.25) is 9.59 Å². The third-order valence-electron chi connectivity index (χ3n) is 4.08. The summed E-state index contributed by atoms with van der Waals surface area (Å²) < 4.78 is 28.8. The number of amides is 1. The van der Waals surface area contributed by atoms with E-state index >= 15 is 0 Å². The maximum Gasteiger partial charge on any atom is 0.359 e. The number of hydrogen-bond acceptors (Lipinski definition) is 7. The number of fused-ring (bicyclic) bond motifs is 1. The van der Waals surface area contributed by atoms with Gasteiger partial charge in [-0.2, -0.15) is 5.10 Å². The second-order valence-corrected chi connectivity index (χ2v) is 8.30. The molecule has 1 amide bonds. The highest BCUT2D eigenvalue weighted by molar-refractivity contribution is 7.91. The minimum atomic E-state index is -3.11. The van der Waals surface area contributed by atoms with Crippen LogP contribution in [0.5, 0.6) is 0 Å². The number of aromatic nitrogens is 2. The molecule has 2 heterocycles. The molecule has 1 aliphatic heterocycles. The van der Waals surface area contributed by atoms with Crippen LogP contribution in [0.2, 0.25) is 0 Å². The number of rotatable bonds is 4. The lowest BCUT2D eigenvalue weighted by Gasteiger charge is -2.11. The Labute approximate surface area is 148 Å². The van der Waals surface area contributed by atoms with Crippen molar-refractivity contribution in [2.45, 2.75) is 12.5 Å². The highest BCUT2D eigenvalue weighted by atomic mass is 32.2. The van der Waals surface area contributed by atoms with Crippen molar-refractivity contribution in [3.8, 4) is 0 Å². The van der Waals surface area contributed by atoms with Crippen LogP contribution in [-0.2, 0) is 26.4 Å². The molecule has 138 valence electrons. The van der Waals surface area contributed by atoms with Gasteiger partial charge in [-0.1, -0.05) is 18.2 Å². The topological polar surface area (TPSA) is 124 Å². The second kappa shape index (κ2) is 6.87. The monoisotopic (exact) mass is 379 g/mol. The van der Waals surface area contributed by atoms with E-state index in [-0.39, 0.29) is 22.8 Å². The van der Waals surface area contributed by atoms with Gasteiger partial charge in [-0.05, 0) is 12.5 Å². The highest BCUT2D eigenvalue weighted by Gasteiger charge is 2.29. The number of carbonyl (C=O) groups excluding carboxylic acids is 2. The van der Waals surface area contributed by atoms with Gasteiger partial charge in [0.1, 0.15) is 0 Å². The van der Waals surface area contributed by atoms with Gasteiger partial charge in [0, 0.05) is 18.5 Å². The Hall–Kier alpha value is -2.75. The Kier molecular flexibility index (Phi) is 4.77. The molecule has 26 heavy (non-hydrogen) atoms. The lowest BCUT2D eigenvalue weighted by atomic mass is 10.1. The van der Waals surface area contributed by atoms with Gasteiger partial charge in [0.05, 0.1) is 16.9 Å². The van der Waals surface area contributed by atoms with Crippen molar-refractivity contribution >= 4 is 32.5 Å². The van der Waals surface area contributed by atoms with Crippen LogP contribution >= 0.6 is 0 Å². The molecule has 1 saturated heterocycles. The molecule has 1 aromatic carbocycles. The third-order valence-corrected chi connectivity index (χ3v) is 5.85. The maximum atomic E-state index is 12.3. The van der Waals surface area contributed by atoms with Crippen LogP contribution in [-0.4, -0.2) is 54.2 Å². The Balaban J connectivity index is 1.69. The molecule has 2 aromatic rings. The van der Waals surface area contributed by atoms with E-state index in [4.69, 9.17) is 4.74 Å². The number of ether oxygens (including phenoxy) is 1. The molecule has 0 unspecified atom stereocenters. The van der Waals surface area contributed by atoms with E-state index in [0.717, 1.165) is 4.68 Å². The van der Waals surface area contributed by atoms with Gasteiger partial charge in [0.15, 0.2) is 22.1 Å². The van der Waals surface area contributed by atoms with Crippen LogP contribution in [0.1, 0.15) is 16.9 Å². The molecule has 0 radical (unpaired) electrons. The zero-order chi connectivity index (χ0) is 18.9. The first-order valence-corrected chi connectivity index (χ1v) is 9.72. The minimum Gasteiger partial charge on any atom is -0.451 e. The zero-order valence-corrected chi connectivity index (χ0v) is 14.8. The van der Waals surface area contributed by atoms with E-state index < -0.39 is 34.4 Å². The number of nitrogens with one attached hydrogen (secondary N) is 1. The molecule has 0 aliphatic carbocycles. The van der Waals surface area contributed by atoms with Gasteiger partial charge in [0.25, 0.3) is 11.5 Å². The summed E-state index contributed by atoms with van der Waals surface area (Å²) >= 11 is 0. The van der Waals surface area contributed by atoms with Crippen LogP contribution in [0, 0.1) is 0 Å². The number of nitrogens with zero attached hydrogens (tertiary/aromatic N) is 2. The summed E-state index contributed by atoms with van der Waals surface area (Å²) in [6.45, 7) is -0.561. The number of benzene rings is 1. The first-order valence-electron chi connectivity index (χ1n) is 7.90. The van der Waals surface area contributed by atoms with E-state index in [9.17, 15) is 22.8 Å². The van der Waals surface area contributed by atoms with Gasteiger partial charge in [0.2, 0.25) is 0 Å². The summed E-state index contributed by atoms with van der Waals surface area (Å²) in [6.07, 6.45) is 0.342. The molecule has 1 aromatic heterocycles. The molecule has 3 rings (SSSR count). The number of esters is 1. The fourth-order valence-corrected chi connectivity index (χ4v) is 4.50. The quantitative estimate of drug-likeness (QED) is 0.703. The summed E-state index contributed by atoms with van der Waals surface area (Å²) in [6, 6.07) is 6.01. The molecular weight excluding hydrogens is 362 g/mol. The summed E-state index contributed by atoms with van der Waals surface area (Å²) in [5.74, 6) is -1.51. The van der Waals surface area contributed by atoms with Crippen LogP contribution in [0.3, 0.4) is 0 Å². The standard InChI is InChI=1S/C16H17N3O6S/c1-19-15(21)12-5-3-2-4-11(12)14(18-19)16(22)25-8-13(20)17-10-6-7-26(23,24)9-10/h2-5,10H,6-9H2,1H3,(H,17,20)/t10-/m1/s1. The lowest BCUT2D eigenvalue weighted by Crippen LogP contribution is -2.38. The SMILES string of the molecule is Cn1nc(C(=O)OCC(=O)N[C@@H]2CCS(=O)(=O)C2)c2ccccc2c1=O. The molecule has 1 N–H and O–H groups in total. The molecule has 0 spiro atoms. The number of sulfone groups is 1. The minimum absolute atomic E-state index is 0.0334. The first kappa shape index (κ1) is 18.1. The highest BCUT2D eigenvalue weighted by Crippen LogP contribution is 2.14. The maximum absolute atomic E-state index is 12.3. The third kappa shape index (κ3) is 3.74. The van der Waals surface area contributed by atoms with Crippen molar-refractivity contribution in [1.29, 1.82) is 0 Å². The Bertz CT molecular complexity index is 1040. The number of hydrogen-bond donors (Lipinski definition) is 1. The molecule has 0 bridgehead atoms. The van der Waals surface area contributed by atoms with E-state index in [0.29, 0.717) is 17.2 Å². The van der Waals surface area contributed by atoms with Crippen LogP contribution < -0.4 is 10.9 Å². The fraction of sp³-hybridized carbons (Fsp3) is 0.375. The molecule has 1 aliphatic rings. The summed E-state index contributed by atoms with van der Waals surface area (Å²) in [5.41, 5.74) is -0.420.